The van der Waals surface area contributed by atoms with Gasteiger partial charge >= 0.3 is 5.97 Å². The number of Topliss-reactive ketones (excluding diaryl/α,β-unsaturated/α-hetero) is 1. The molecule has 1 N–H and O–H groups in total. The van der Waals surface area contributed by atoms with Crippen molar-refractivity contribution in [1.29, 1.82) is 0 Å². The molecule has 4 heteroatoms. The second kappa shape index (κ2) is 5.53. The van der Waals surface area contributed by atoms with Crippen molar-refractivity contribution in [2.75, 3.05) is 0 Å². The summed E-state index contributed by atoms with van der Waals surface area (Å²) in [5.41, 5.74) is 0. The zero-order valence-electron chi connectivity index (χ0n) is 4.68. The number of carboxylic acid groups (broad SMARTS) is 1. The van der Waals surface area contributed by atoms with Crippen LogP contribution in [0.25, 0.3) is 0 Å². The number of carbonyl (C=O) groups excluding carboxylic acids is 1. The van der Waals surface area contributed by atoms with Crippen molar-refractivity contribution >= 4 is 49.5 Å². The van der Waals surface area contributed by atoms with Gasteiger partial charge in [0, 0.05) is 37.7 Å². The van der Waals surface area contributed by atoms with Gasteiger partial charge in [0.25, 0.3) is 0 Å². The van der Waals surface area contributed by atoms with Crippen LogP contribution in [0.15, 0.2) is 0 Å². The molecule has 0 aliphatic heterocycles. The number of hydrogen-bond donors (Lipinski definition) is 1. The normalized spacial score (nSPS) is 7.12. The first-order valence-corrected chi connectivity index (χ1v) is 1.84. The van der Waals surface area contributed by atoms with Gasteiger partial charge in [-0.2, -0.15) is 0 Å². The van der Waals surface area contributed by atoms with E-state index in [0.717, 1.165) is 0 Å². The molecule has 0 saturated carbocycles. The fraction of sp³-hybridized carbons (Fsp3) is 0.500. The molecule has 3 nitrogen and oxygen atoms in total. The number of ketones is 1. The van der Waals surface area contributed by atoms with Gasteiger partial charge in [0.15, 0.2) is 0 Å². The summed E-state index contributed by atoms with van der Waals surface area (Å²) in [7, 11) is 0. The molecule has 0 aliphatic carbocycles. The van der Waals surface area contributed by atoms with Crippen molar-refractivity contribution in [3.05, 3.63) is 0 Å². The van der Waals surface area contributed by atoms with E-state index >= 15 is 0 Å². The van der Waals surface area contributed by atoms with E-state index in [-0.39, 0.29) is 49.9 Å². The maximum atomic E-state index is 9.87. The van der Waals surface area contributed by atoms with E-state index in [2.05, 4.69) is 0 Å². The van der Waals surface area contributed by atoms with E-state index in [0.29, 0.717) is 0 Å². The average Bonchev–Trinajstić information content (AvgIpc) is 1.27. The number of rotatable bonds is 2. The Bertz CT molecular complexity index is 87.5. The van der Waals surface area contributed by atoms with E-state index < -0.39 is 5.97 Å². The van der Waals surface area contributed by atoms with Crippen molar-refractivity contribution in [3.63, 3.8) is 0 Å². The molecule has 0 unspecified atom stereocenters. The van der Waals surface area contributed by atoms with Gasteiger partial charge < -0.3 is 5.11 Å². The monoisotopic (exact) mass is 142 g/mol. The van der Waals surface area contributed by atoms with Gasteiger partial charge in [0.05, 0.1) is 0 Å². The molecule has 0 spiro atoms. The largest absolute Gasteiger partial charge is 0.481 e. The van der Waals surface area contributed by atoms with Crippen LogP contribution in [0.4, 0.5) is 0 Å². The standard InChI is InChI=1S/C4H6O3.Ca/c1-3(5)2-4(6)7;/h2H2,1H3,(H,6,7);. The number of carbonyl (C=O) groups is 2. The summed E-state index contributed by atoms with van der Waals surface area (Å²) in [5, 5.41) is 7.86. The topological polar surface area (TPSA) is 54.4 Å². The van der Waals surface area contributed by atoms with Crippen molar-refractivity contribution in [1.82, 2.24) is 0 Å². The molecule has 0 rings (SSSR count). The summed E-state index contributed by atoms with van der Waals surface area (Å²) in [4.78, 5) is 19.5. The second-order valence-electron chi connectivity index (χ2n) is 1.27. The second-order valence-corrected chi connectivity index (χ2v) is 1.27. The SMILES string of the molecule is CC(=O)CC(=O)O.[Ca]. The molecule has 8 heavy (non-hydrogen) atoms. The molecule has 0 atom stereocenters. The molecular weight excluding hydrogens is 136 g/mol. The Balaban J connectivity index is 0. The van der Waals surface area contributed by atoms with Gasteiger partial charge in [0.1, 0.15) is 12.2 Å². The Morgan fingerprint density at radius 2 is 1.88 bits per heavy atom. The summed E-state index contributed by atoms with van der Waals surface area (Å²) in [5.74, 6) is -1.37. The first-order chi connectivity index (χ1) is 3.13. The van der Waals surface area contributed by atoms with Crippen LogP contribution in [0.2, 0.25) is 0 Å². The summed E-state index contributed by atoms with van der Waals surface area (Å²) in [6, 6.07) is 0. The van der Waals surface area contributed by atoms with Crippen molar-refractivity contribution in [2.45, 2.75) is 13.3 Å². The quantitative estimate of drug-likeness (QED) is 0.424. The van der Waals surface area contributed by atoms with Crippen LogP contribution in [0.5, 0.6) is 0 Å². The van der Waals surface area contributed by atoms with Crippen LogP contribution in [-0.4, -0.2) is 54.6 Å². The molecule has 0 saturated heterocycles. The average molecular weight is 142 g/mol. The van der Waals surface area contributed by atoms with Crippen molar-refractivity contribution in [2.24, 2.45) is 0 Å². The summed E-state index contributed by atoms with van der Waals surface area (Å²) >= 11 is 0. The minimum absolute atomic E-state index is 0. The molecule has 0 bridgehead atoms. The van der Waals surface area contributed by atoms with Crippen LogP contribution >= 0.6 is 0 Å². The summed E-state index contributed by atoms with van der Waals surface area (Å²) in [6.07, 6.45) is -0.361. The summed E-state index contributed by atoms with van der Waals surface area (Å²) < 4.78 is 0. The minimum atomic E-state index is -1.06. The predicted molar refractivity (Wildman–Crippen MR) is 28.7 cm³/mol. The van der Waals surface area contributed by atoms with E-state index in [9.17, 15) is 9.59 Å². The smallest absolute Gasteiger partial charge is 0.310 e. The van der Waals surface area contributed by atoms with Gasteiger partial charge in [-0.05, 0) is 6.92 Å². The molecule has 2 radical (unpaired) electrons. The van der Waals surface area contributed by atoms with Crippen LogP contribution in [0.3, 0.4) is 0 Å². The molecule has 0 aromatic carbocycles. The fourth-order valence-corrected chi connectivity index (χ4v) is 0.213. The Kier molecular flexibility index (Phi) is 7.77. The van der Waals surface area contributed by atoms with Crippen molar-refractivity contribution < 1.29 is 14.7 Å². The van der Waals surface area contributed by atoms with Gasteiger partial charge in [-0.3, -0.25) is 9.59 Å². The Morgan fingerprint density at radius 1 is 1.50 bits per heavy atom. The van der Waals surface area contributed by atoms with E-state index in [1.807, 2.05) is 0 Å². The molecule has 0 aromatic heterocycles. The maximum absolute atomic E-state index is 9.87. The number of carboxylic acids is 1. The third-order valence-corrected chi connectivity index (χ3v) is 0.400. The first kappa shape index (κ1) is 11.2. The molecule has 0 amide bonds. The Morgan fingerprint density at radius 3 is 1.88 bits per heavy atom. The van der Waals surface area contributed by atoms with Gasteiger partial charge in [-0.15, -0.1) is 0 Å². The van der Waals surface area contributed by atoms with Gasteiger partial charge in [-0.1, -0.05) is 0 Å². The Labute approximate surface area is 77.1 Å². The van der Waals surface area contributed by atoms with Gasteiger partial charge in [-0.25, -0.2) is 0 Å². The van der Waals surface area contributed by atoms with Crippen molar-refractivity contribution in [3.8, 4) is 0 Å². The Hall–Kier alpha value is 0.400. The molecule has 0 fully saturated rings. The predicted octanol–water partition coefficient (Wildman–Crippen LogP) is -0.331. The zero-order valence-corrected chi connectivity index (χ0v) is 6.89. The molecule has 0 heterocycles. The molecule has 0 aromatic rings. The van der Waals surface area contributed by atoms with E-state index in [1.165, 1.54) is 6.92 Å². The molecule has 0 aliphatic rings. The van der Waals surface area contributed by atoms with Crippen LogP contribution in [0.1, 0.15) is 13.3 Å². The molecular formula is C4H6CaO3. The van der Waals surface area contributed by atoms with Crippen LogP contribution < -0.4 is 0 Å². The minimum Gasteiger partial charge on any atom is -0.481 e. The first-order valence-electron chi connectivity index (χ1n) is 1.84. The summed E-state index contributed by atoms with van der Waals surface area (Å²) in [6.45, 7) is 1.24. The molecule has 42 valence electrons. The van der Waals surface area contributed by atoms with E-state index in [4.69, 9.17) is 5.11 Å². The van der Waals surface area contributed by atoms with Crippen LogP contribution in [0, 0.1) is 0 Å². The number of aliphatic carboxylic acids is 1. The van der Waals surface area contributed by atoms with Crippen LogP contribution in [-0.2, 0) is 9.59 Å². The number of hydrogen-bond acceptors (Lipinski definition) is 2. The third kappa shape index (κ3) is 9.64. The zero-order chi connectivity index (χ0) is 5.86. The fourth-order valence-electron chi connectivity index (χ4n) is 0.213. The maximum Gasteiger partial charge on any atom is 0.310 e. The third-order valence-electron chi connectivity index (χ3n) is 0.400. The van der Waals surface area contributed by atoms with E-state index in [1.54, 1.807) is 0 Å². The van der Waals surface area contributed by atoms with Gasteiger partial charge in [0.2, 0.25) is 0 Å².